The smallest absolute Gasteiger partial charge is 0.258 e. The maximum atomic E-state index is 13.6. The van der Waals surface area contributed by atoms with E-state index < -0.39 is 11.7 Å². The first-order valence-electron chi connectivity index (χ1n) is 7.62. The number of nitrogens with zero attached hydrogens (tertiary/aromatic N) is 1. The molecule has 3 aromatic rings. The molecule has 6 heteroatoms. The predicted octanol–water partition coefficient (Wildman–Crippen LogP) is 4.74. The number of nitrogens with one attached hydrogen (secondary N) is 2. The van der Waals surface area contributed by atoms with E-state index >= 15 is 0 Å². The standard InChI is InChI=1S/C19H15ClFN3O/c20-14-7-5-13(6-8-14)11-22-18-10-9-15(12-23-18)24-19(25)16-3-1-2-4-17(16)21/h1-10,12H,11H2,(H,22,23)(H,24,25). The Morgan fingerprint density at radius 1 is 1.04 bits per heavy atom. The van der Waals surface area contributed by atoms with Gasteiger partial charge in [-0.05, 0) is 42.0 Å². The van der Waals surface area contributed by atoms with Crippen molar-refractivity contribution >= 4 is 29.0 Å². The molecule has 4 nitrogen and oxygen atoms in total. The maximum absolute atomic E-state index is 13.6. The van der Waals surface area contributed by atoms with Gasteiger partial charge in [-0.2, -0.15) is 0 Å². The fourth-order valence-corrected chi connectivity index (χ4v) is 2.34. The van der Waals surface area contributed by atoms with Gasteiger partial charge in [0.25, 0.3) is 5.91 Å². The van der Waals surface area contributed by atoms with E-state index in [0.29, 0.717) is 23.1 Å². The largest absolute Gasteiger partial charge is 0.366 e. The first-order valence-corrected chi connectivity index (χ1v) is 8.00. The molecule has 0 aliphatic carbocycles. The second-order valence-electron chi connectivity index (χ2n) is 5.35. The molecule has 3 rings (SSSR count). The zero-order valence-corrected chi connectivity index (χ0v) is 13.9. The van der Waals surface area contributed by atoms with Crippen LogP contribution < -0.4 is 10.6 Å². The summed E-state index contributed by atoms with van der Waals surface area (Å²) in [5.74, 6) is -0.408. The molecule has 2 aromatic carbocycles. The molecule has 126 valence electrons. The van der Waals surface area contributed by atoms with Crippen molar-refractivity contribution in [1.82, 2.24) is 4.98 Å². The molecular formula is C19H15ClFN3O. The molecule has 0 atom stereocenters. The van der Waals surface area contributed by atoms with E-state index in [1.54, 1.807) is 18.2 Å². The van der Waals surface area contributed by atoms with E-state index in [-0.39, 0.29) is 5.56 Å². The molecule has 0 aliphatic heterocycles. The van der Waals surface area contributed by atoms with Gasteiger partial charge < -0.3 is 10.6 Å². The van der Waals surface area contributed by atoms with Gasteiger partial charge in [0, 0.05) is 11.6 Å². The van der Waals surface area contributed by atoms with E-state index in [1.807, 2.05) is 24.3 Å². The minimum atomic E-state index is -0.561. The summed E-state index contributed by atoms with van der Waals surface area (Å²) >= 11 is 5.85. The number of rotatable bonds is 5. The van der Waals surface area contributed by atoms with Crippen LogP contribution in [0.3, 0.4) is 0 Å². The SMILES string of the molecule is O=C(Nc1ccc(NCc2ccc(Cl)cc2)nc1)c1ccccc1F. The third-order valence-electron chi connectivity index (χ3n) is 3.53. The Hall–Kier alpha value is -2.92. The van der Waals surface area contributed by atoms with Crippen LogP contribution in [0.1, 0.15) is 15.9 Å². The Morgan fingerprint density at radius 3 is 2.48 bits per heavy atom. The molecule has 0 aliphatic rings. The molecule has 2 N–H and O–H groups in total. The third kappa shape index (κ3) is 4.55. The van der Waals surface area contributed by atoms with Gasteiger partial charge in [-0.3, -0.25) is 4.79 Å². The van der Waals surface area contributed by atoms with Gasteiger partial charge in [-0.25, -0.2) is 9.37 Å². The van der Waals surface area contributed by atoms with Crippen molar-refractivity contribution in [2.45, 2.75) is 6.54 Å². The minimum Gasteiger partial charge on any atom is -0.366 e. The zero-order chi connectivity index (χ0) is 17.6. The Labute approximate surface area is 149 Å². The van der Waals surface area contributed by atoms with Crippen LogP contribution in [0.2, 0.25) is 5.02 Å². The normalized spacial score (nSPS) is 10.3. The van der Waals surface area contributed by atoms with E-state index in [9.17, 15) is 9.18 Å². The van der Waals surface area contributed by atoms with Crippen molar-refractivity contribution in [1.29, 1.82) is 0 Å². The van der Waals surface area contributed by atoms with Gasteiger partial charge in [0.05, 0.1) is 17.4 Å². The second-order valence-corrected chi connectivity index (χ2v) is 5.78. The van der Waals surface area contributed by atoms with Crippen molar-refractivity contribution in [3.05, 3.63) is 88.8 Å². The summed E-state index contributed by atoms with van der Waals surface area (Å²) in [5, 5.41) is 6.49. The molecule has 0 bridgehead atoms. The van der Waals surface area contributed by atoms with Crippen LogP contribution in [-0.2, 0) is 6.54 Å². The number of hydrogen-bond donors (Lipinski definition) is 2. The molecule has 0 saturated heterocycles. The maximum Gasteiger partial charge on any atom is 0.258 e. The fourth-order valence-electron chi connectivity index (χ4n) is 2.21. The van der Waals surface area contributed by atoms with E-state index in [1.165, 1.54) is 24.4 Å². The number of hydrogen-bond acceptors (Lipinski definition) is 3. The summed E-state index contributed by atoms with van der Waals surface area (Å²) in [6.07, 6.45) is 1.52. The lowest BCUT2D eigenvalue weighted by molar-refractivity contribution is 0.102. The quantitative estimate of drug-likeness (QED) is 0.695. The molecule has 0 fully saturated rings. The predicted molar refractivity (Wildman–Crippen MR) is 97.4 cm³/mol. The monoisotopic (exact) mass is 355 g/mol. The lowest BCUT2D eigenvalue weighted by atomic mass is 10.2. The highest BCUT2D eigenvalue weighted by Crippen LogP contribution is 2.15. The van der Waals surface area contributed by atoms with Crippen LogP contribution in [0.4, 0.5) is 15.9 Å². The van der Waals surface area contributed by atoms with Crippen LogP contribution in [0.15, 0.2) is 66.9 Å². The third-order valence-corrected chi connectivity index (χ3v) is 3.78. The Kier molecular flexibility index (Phi) is 5.26. The van der Waals surface area contributed by atoms with Crippen LogP contribution in [0.25, 0.3) is 0 Å². The number of pyridine rings is 1. The second kappa shape index (κ2) is 7.77. The van der Waals surface area contributed by atoms with Crippen LogP contribution in [0, 0.1) is 5.82 Å². The van der Waals surface area contributed by atoms with Crippen LogP contribution in [-0.4, -0.2) is 10.9 Å². The summed E-state index contributed by atoms with van der Waals surface area (Å²) in [4.78, 5) is 16.3. The van der Waals surface area contributed by atoms with Gasteiger partial charge in [-0.15, -0.1) is 0 Å². The van der Waals surface area contributed by atoms with Crippen LogP contribution >= 0.6 is 11.6 Å². The number of carbonyl (C=O) groups excluding carboxylic acids is 1. The fraction of sp³-hybridized carbons (Fsp3) is 0.0526. The van der Waals surface area contributed by atoms with Gasteiger partial charge in [0.2, 0.25) is 0 Å². The van der Waals surface area contributed by atoms with E-state index in [0.717, 1.165) is 5.56 Å². The highest BCUT2D eigenvalue weighted by molar-refractivity contribution is 6.30. The van der Waals surface area contributed by atoms with Gasteiger partial charge in [0.15, 0.2) is 0 Å². The van der Waals surface area contributed by atoms with Crippen LogP contribution in [0.5, 0.6) is 0 Å². The highest BCUT2D eigenvalue weighted by Gasteiger charge is 2.11. The average molecular weight is 356 g/mol. The summed E-state index contributed by atoms with van der Waals surface area (Å²) in [6, 6.07) is 16.8. The van der Waals surface area contributed by atoms with Crippen molar-refractivity contribution in [3.63, 3.8) is 0 Å². The Balaban J connectivity index is 1.59. The summed E-state index contributed by atoms with van der Waals surface area (Å²) in [5.41, 5.74) is 1.56. The topological polar surface area (TPSA) is 54.0 Å². The van der Waals surface area contributed by atoms with Crippen molar-refractivity contribution in [2.75, 3.05) is 10.6 Å². The minimum absolute atomic E-state index is 0.00700. The van der Waals surface area contributed by atoms with E-state index in [4.69, 9.17) is 11.6 Å². The number of halogens is 2. The Morgan fingerprint density at radius 2 is 1.80 bits per heavy atom. The van der Waals surface area contributed by atoms with E-state index in [2.05, 4.69) is 15.6 Å². The zero-order valence-electron chi connectivity index (χ0n) is 13.2. The number of anilines is 2. The number of carbonyl (C=O) groups is 1. The van der Waals surface area contributed by atoms with Crippen molar-refractivity contribution in [3.8, 4) is 0 Å². The lowest BCUT2D eigenvalue weighted by Crippen LogP contribution is -2.13. The molecule has 1 aromatic heterocycles. The first-order chi connectivity index (χ1) is 12.1. The number of aromatic nitrogens is 1. The summed E-state index contributed by atoms with van der Waals surface area (Å²) < 4.78 is 13.6. The molecule has 0 saturated carbocycles. The highest BCUT2D eigenvalue weighted by atomic mass is 35.5. The molecular weight excluding hydrogens is 341 g/mol. The van der Waals surface area contributed by atoms with Crippen molar-refractivity contribution in [2.24, 2.45) is 0 Å². The molecule has 1 heterocycles. The molecule has 1 amide bonds. The van der Waals surface area contributed by atoms with Crippen molar-refractivity contribution < 1.29 is 9.18 Å². The molecule has 25 heavy (non-hydrogen) atoms. The lowest BCUT2D eigenvalue weighted by Gasteiger charge is -2.08. The molecule has 0 radical (unpaired) electrons. The summed E-state index contributed by atoms with van der Waals surface area (Å²) in [6.45, 7) is 0.602. The average Bonchev–Trinajstić information content (AvgIpc) is 2.63. The molecule has 0 spiro atoms. The van der Waals surface area contributed by atoms with Gasteiger partial charge in [-0.1, -0.05) is 35.9 Å². The number of benzene rings is 2. The van der Waals surface area contributed by atoms with Gasteiger partial charge in [0.1, 0.15) is 11.6 Å². The Bertz CT molecular complexity index is 867. The first kappa shape index (κ1) is 16.9. The summed E-state index contributed by atoms with van der Waals surface area (Å²) in [7, 11) is 0. The van der Waals surface area contributed by atoms with Gasteiger partial charge >= 0.3 is 0 Å². The number of amides is 1. The molecule has 0 unspecified atom stereocenters.